The van der Waals surface area contributed by atoms with Gasteiger partial charge in [-0.3, -0.25) is 4.90 Å². The summed E-state index contributed by atoms with van der Waals surface area (Å²) in [6.45, 7) is 7.51. The van der Waals surface area contributed by atoms with Gasteiger partial charge in [0.25, 0.3) is 0 Å². The smallest absolute Gasteiger partial charge is 0.241 e. The van der Waals surface area contributed by atoms with Gasteiger partial charge in [-0.15, -0.1) is 5.10 Å². The molecule has 0 atom stereocenters. The molecule has 1 aliphatic heterocycles. The maximum atomic E-state index is 5.78. The number of nitrogen functional groups attached to an aromatic ring is 1. The number of aromatic amines is 1. The Hall–Kier alpha value is -2.28. The van der Waals surface area contributed by atoms with E-state index < -0.39 is 0 Å². The summed E-state index contributed by atoms with van der Waals surface area (Å²) >= 11 is 0. The number of H-pyrrole nitrogens is 1. The highest BCUT2D eigenvalue weighted by atomic mass is 16.5. The number of nitrogens with one attached hydrogen (secondary N) is 1. The summed E-state index contributed by atoms with van der Waals surface area (Å²) < 4.78 is 5.78. The lowest BCUT2D eigenvalue weighted by Crippen LogP contribution is -2.47. The zero-order valence-electron chi connectivity index (χ0n) is 12.8. The van der Waals surface area contributed by atoms with Gasteiger partial charge in [0, 0.05) is 32.7 Å². The average Bonchev–Trinajstić information content (AvgIpc) is 2.97. The first-order chi connectivity index (χ1) is 10.7. The number of anilines is 2. The summed E-state index contributed by atoms with van der Waals surface area (Å²) in [5.74, 6) is 1.98. The zero-order valence-corrected chi connectivity index (χ0v) is 12.8. The first-order valence-corrected chi connectivity index (χ1v) is 7.55. The predicted molar refractivity (Wildman–Crippen MR) is 86.1 cm³/mol. The predicted octanol–water partition coefficient (Wildman–Crippen LogP) is 0.896. The zero-order chi connectivity index (χ0) is 15.4. The molecule has 22 heavy (non-hydrogen) atoms. The fourth-order valence-corrected chi connectivity index (χ4v) is 2.52. The van der Waals surface area contributed by atoms with E-state index in [1.807, 2.05) is 12.1 Å². The molecule has 3 rings (SSSR count). The van der Waals surface area contributed by atoms with E-state index in [0.717, 1.165) is 44.4 Å². The molecule has 1 aromatic carbocycles. The lowest BCUT2D eigenvalue weighted by atomic mass is 10.2. The van der Waals surface area contributed by atoms with E-state index in [9.17, 15) is 0 Å². The summed E-state index contributed by atoms with van der Waals surface area (Å²) in [7, 11) is 0. The quantitative estimate of drug-likeness (QED) is 0.854. The van der Waals surface area contributed by atoms with E-state index in [-0.39, 0.29) is 0 Å². The van der Waals surface area contributed by atoms with Gasteiger partial charge in [0.1, 0.15) is 12.4 Å². The number of aromatic nitrogens is 3. The van der Waals surface area contributed by atoms with Crippen LogP contribution in [0, 0.1) is 6.92 Å². The highest BCUT2D eigenvalue weighted by Gasteiger charge is 2.19. The second-order valence-electron chi connectivity index (χ2n) is 5.51. The summed E-state index contributed by atoms with van der Waals surface area (Å²) in [6.07, 6.45) is 0. The van der Waals surface area contributed by atoms with Crippen molar-refractivity contribution in [1.82, 2.24) is 20.1 Å². The largest absolute Gasteiger partial charge is 0.492 e. The SMILES string of the molecule is Cc1ccc(OCCN2CCN(c3nc(N)n[nH]3)CC2)cc1. The van der Waals surface area contributed by atoms with Crippen molar-refractivity contribution in [3.63, 3.8) is 0 Å². The molecule has 0 radical (unpaired) electrons. The van der Waals surface area contributed by atoms with Crippen LogP contribution in [0.15, 0.2) is 24.3 Å². The minimum absolute atomic E-state index is 0.295. The number of aryl methyl sites for hydroxylation is 1. The Morgan fingerprint density at radius 1 is 1.18 bits per heavy atom. The first kappa shape index (κ1) is 14.6. The molecule has 2 heterocycles. The average molecular weight is 302 g/mol. The van der Waals surface area contributed by atoms with Gasteiger partial charge in [0.05, 0.1) is 0 Å². The highest BCUT2D eigenvalue weighted by molar-refractivity contribution is 5.34. The number of nitrogens with zero attached hydrogens (tertiary/aromatic N) is 4. The van der Waals surface area contributed by atoms with Crippen LogP contribution < -0.4 is 15.4 Å². The Balaban J connectivity index is 1.39. The Morgan fingerprint density at radius 3 is 2.55 bits per heavy atom. The maximum Gasteiger partial charge on any atom is 0.241 e. The van der Waals surface area contributed by atoms with Crippen molar-refractivity contribution >= 4 is 11.9 Å². The molecule has 0 spiro atoms. The van der Waals surface area contributed by atoms with E-state index >= 15 is 0 Å². The third-order valence-electron chi connectivity index (χ3n) is 3.86. The van der Waals surface area contributed by atoms with Crippen molar-refractivity contribution in [2.24, 2.45) is 0 Å². The molecule has 1 fully saturated rings. The van der Waals surface area contributed by atoms with Crippen LogP contribution in [-0.4, -0.2) is 59.4 Å². The molecule has 118 valence electrons. The molecule has 0 unspecified atom stereocenters. The van der Waals surface area contributed by atoms with Crippen LogP contribution in [0.4, 0.5) is 11.9 Å². The summed E-state index contributed by atoms with van der Waals surface area (Å²) in [4.78, 5) is 8.72. The number of piperazine rings is 1. The summed E-state index contributed by atoms with van der Waals surface area (Å²) in [5.41, 5.74) is 6.78. The fourth-order valence-electron chi connectivity index (χ4n) is 2.52. The number of hydrogen-bond donors (Lipinski definition) is 2. The van der Waals surface area contributed by atoms with Crippen molar-refractivity contribution in [2.75, 3.05) is 50.0 Å². The lowest BCUT2D eigenvalue weighted by Gasteiger charge is -2.34. The minimum atomic E-state index is 0.295. The molecule has 3 N–H and O–H groups in total. The van der Waals surface area contributed by atoms with Crippen LogP contribution in [0.2, 0.25) is 0 Å². The van der Waals surface area contributed by atoms with Gasteiger partial charge in [0.15, 0.2) is 0 Å². The van der Waals surface area contributed by atoms with Crippen LogP contribution in [0.1, 0.15) is 5.56 Å². The molecular formula is C15H22N6O. The second-order valence-corrected chi connectivity index (χ2v) is 5.51. The summed E-state index contributed by atoms with van der Waals surface area (Å²) in [5, 5.41) is 6.72. The molecule has 2 aromatic rings. The molecule has 1 aliphatic rings. The van der Waals surface area contributed by atoms with Gasteiger partial charge < -0.3 is 15.4 Å². The molecule has 1 aromatic heterocycles. The number of nitrogens with two attached hydrogens (primary N) is 1. The van der Waals surface area contributed by atoms with Crippen molar-refractivity contribution < 1.29 is 4.74 Å². The Morgan fingerprint density at radius 2 is 1.91 bits per heavy atom. The molecule has 0 amide bonds. The normalized spacial score (nSPS) is 16.0. The van der Waals surface area contributed by atoms with Crippen molar-refractivity contribution in [2.45, 2.75) is 6.92 Å². The van der Waals surface area contributed by atoms with E-state index in [1.165, 1.54) is 5.56 Å². The highest BCUT2D eigenvalue weighted by Crippen LogP contribution is 2.13. The molecule has 7 heteroatoms. The Bertz CT molecular complexity index is 588. The molecule has 0 saturated carbocycles. The first-order valence-electron chi connectivity index (χ1n) is 7.55. The van der Waals surface area contributed by atoms with Gasteiger partial charge in [-0.25, -0.2) is 5.10 Å². The third kappa shape index (κ3) is 3.67. The van der Waals surface area contributed by atoms with Gasteiger partial charge in [-0.05, 0) is 19.1 Å². The van der Waals surface area contributed by atoms with Crippen LogP contribution in [-0.2, 0) is 0 Å². The number of hydrogen-bond acceptors (Lipinski definition) is 6. The van der Waals surface area contributed by atoms with Gasteiger partial charge in [0.2, 0.25) is 11.9 Å². The van der Waals surface area contributed by atoms with Crippen molar-refractivity contribution in [3.05, 3.63) is 29.8 Å². The van der Waals surface area contributed by atoms with Crippen LogP contribution >= 0.6 is 0 Å². The van der Waals surface area contributed by atoms with Crippen LogP contribution in [0.5, 0.6) is 5.75 Å². The number of ether oxygens (including phenoxy) is 1. The fraction of sp³-hybridized carbons (Fsp3) is 0.467. The van der Waals surface area contributed by atoms with Gasteiger partial charge in [-0.1, -0.05) is 17.7 Å². The van der Waals surface area contributed by atoms with E-state index in [2.05, 4.69) is 44.0 Å². The molecule has 7 nitrogen and oxygen atoms in total. The topological polar surface area (TPSA) is 83.3 Å². The minimum Gasteiger partial charge on any atom is -0.492 e. The standard InChI is InChI=1S/C15H22N6O/c1-12-2-4-13(5-3-12)22-11-10-20-6-8-21(9-7-20)15-17-14(16)18-19-15/h2-5H,6-11H2,1H3,(H3,16,17,18,19). The number of benzene rings is 1. The molecule has 1 saturated heterocycles. The maximum absolute atomic E-state index is 5.78. The molecular weight excluding hydrogens is 280 g/mol. The second kappa shape index (κ2) is 6.65. The van der Waals surface area contributed by atoms with E-state index in [1.54, 1.807) is 0 Å². The Kier molecular flexibility index (Phi) is 4.43. The van der Waals surface area contributed by atoms with Gasteiger partial charge in [-0.2, -0.15) is 4.98 Å². The summed E-state index contributed by atoms with van der Waals surface area (Å²) in [6, 6.07) is 8.16. The monoisotopic (exact) mass is 302 g/mol. The molecule has 0 bridgehead atoms. The number of rotatable bonds is 5. The van der Waals surface area contributed by atoms with E-state index in [4.69, 9.17) is 10.5 Å². The van der Waals surface area contributed by atoms with Crippen LogP contribution in [0.25, 0.3) is 0 Å². The lowest BCUT2D eigenvalue weighted by molar-refractivity contribution is 0.200. The Labute approximate surface area is 130 Å². The van der Waals surface area contributed by atoms with Crippen molar-refractivity contribution in [3.8, 4) is 5.75 Å². The molecule has 0 aliphatic carbocycles. The van der Waals surface area contributed by atoms with Crippen molar-refractivity contribution in [1.29, 1.82) is 0 Å². The van der Waals surface area contributed by atoms with E-state index in [0.29, 0.717) is 12.6 Å². The van der Waals surface area contributed by atoms with Gasteiger partial charge >= 0.3 is 0 Å². The third-order valence-corrected chi connectivity index (χ3v) is 3.86. The van der Waals surface area contributed by atoms with Crippen LogP contribution in [0.3, 0.4) is 0 Å².